The van der Waals surface area contributed by atoms with Gasteiger partial charge in [-0.05, 0) is 25.0 Å². The van der Waals surface area contributed by atoms with Crippen molar-refractivity contribution < 1.29 is 18.3 Å². The molecule has 0 aliphatic heterocycles. The molecule has 0 aromatic heterocycles. The van der Waals surface area contributed by atoms with Gasteiger partial charge in [0, 0.05) is 11.7 Å². The lowest BCUT2D eigenvalue weighted by atomic mass is 9.89. The summed E-state index contributed by atoms with van der Waals surface area (Å²) in [5, 5.41) is 11.9. The molecule has 0 amide bonds. The Labute approximate surface area is 91.1 Å². The Morgan fingerprint density at radius 1 is 1.19 bits per heavy atom. The van der Waals surface area contributed by atoms with Gasteiger partial charge < -0.3 is 10.4 Å². The molecule has 5 heteroatoms. The summed E-state index contributed by atoms with van der Waals surface area (Å²) in [6.07, 6.45) is -3.71. The first kappa shape index (κ1) is 11.3. The molecule has 1 saturated carbocycles. The van der Waals surface area contributed by atoms with Gasteiger partial charge in [0.1, 0.15) is 0 Å². The Bertz CT molecular complexity index is 372. The van der Waals surface area contributed by atoms with Gasteiger partial charge in [-0.15, -0.1) is 0 Å². The van der Waals surface area contributed by atoms with Gasteiger partial charge in [0.05, 0.1) is 11.7 Å². The quantitative estimate of drug-likeness (QED) is 0.820. The number of hydrogen-bond acceptors (Lipinski definition) is 2. The molecule has 1 aromatic rings. The molecule has 0 atom stereocenters. The maximum Gasteiger partial charge on any atom is 0.418 e. The number of aliphatic hydroxyl groups is 1. The number of anilines is 1. The highest BCUT2D eigenvalue weighted by atomic mass is 19.4. The molecule has 0 heterocycles. The molecule has 0 saturated heterocycles. The standard InChI is InChI=1S/C11H12F3NO/c12-11(13,14)9-3-1-2-4-10(9)15-7-5-8(16)6-7/h1-4,7-8,15-16H,5-6H2. The molecule has 1 fully saturated rings. The van der Waals surface area contributed by atoms with E-state index in [0.29, 0.717) is 12.8 Å². The molecule has 2 N–H and O–H groups in total. The third-order valence-corrected chi connectivity index (χ3v) is 2.71. The van der Waals surface area contributed by atoms with Crippen LogP contribution in [0.2, 0.25) is 0 Å². The minimum Gasteiger partial charge on any atom is -0.393 e. The van der Waals surface area contributed by atoms with E-state index in [9.17, 15) is 13.2 Å². The number of para-hydroxylation sites is 1. The minimum atomic E-state index is -4.34. The van der Waals surface area contributed by atoms with Crippen molar-refractivity contribution in [2.24, 2.45) is 0 Å². The number of benzene rings is 1. The number of alkyl halides is 3. The van der Waals surface area contributed by atoms with Crippen molar-refractivity contribution in [3.8, 4) is 0 Å². The fraction of sp³-hybridized carbons (Fsp3) is 0.455. The summed E-state index contributed by atoms with van der Waals surface area (Å²) >= 11 is 0. The van der Waals surface area contributed by atoms with Crippen LogP contribution < -0.4 is 5.32 Å². The van der Waals surface area contributed by atoms with Crippen LogP contribution in [0.15, 0.2) is 24.3 Å². The van der Waals surface area contributed by atoms with Crippen molar-refractivity contribution in [3.05, 3.63) is 29.8 Å². The SMILES string of the molecule is OC1CC(Nc2ccccc2C(F)(F)F)C1. The molecule has 0 bridgehead atoms. The van der Waals surface area contributed by atoms with Gasteiger partial charge in [-0.1, -0.05) is 12.1 Å². The van der Waals surface area contributed by atoms with E-state index in [1.165, 1.54) is 12.1 Å². The number of aliphatic hydroxyl groups excluding tert-OH is 1. The Morgan fingerprint density at radius 3 is 2.38 bits per heavy atom. The molecular formula is C11H12F3NO. The van der Waals surface area contributed by atoms with Gasteiger partial charge in [0.2, 0.25) is 0 Å². The smallest absolute Gasteiger partial charge is 0.393 e. The molecule has 16 heavy (non-hydrogen) atoms. The van der Waals surface area contributed by atoms with Crippen molar-refractivity contribution in [1.29, 1.82) is 0 Å². The van der Waals surface area contributed by atoms with Crippen molar-refractivity contribution in [2.75, 3.05) is 5.32 Å². The van der Waals surface area contributed by atoms with Crippen LogP contribution in [0.5, 0.6) is 0 Å². The van der Waals surface area contributed by atoms with Crippen LogP contribution in [-0.2, 0) is 6.18 Å². The Hall–Kier alpha value is -1.23. The highest BCUT2D eigenvalue weighted by molar-refractivity contribution is 5.53. The zero-order chi connectivity index (χ0) is 11.8. The van der Waals surface area contributed by atoms with E-state index >= 15 is 0 Å². The van der Waals surface area contributed by atoms with Crippen molar-refractivity contribution in [2.45, 2.75) is 31.2 Å². The highest BCUT2D eigenvalue weighted by Gasteiger charge is 2.35. The molecule has 0 unspecified atom stereocenters. The third-order valence-electron chi connectivity index (χ3n) is 2.71. The Kier molecular flexibility index (Phi) is 2.80. The topological polar surface area (TPSA) is 32.3 Å². The molecule has 0 radical (unpaired) electrons. The van der Waals surface area contributed by atoms with Gasteiger partial charge in [-0.25, -0.2) is 0 Å². The van der Waals surface area contributed by atoms with E-state index in [1.54, 1.807) is 6.07 Å². The summed E-state index contributed by atoms with van der Waals surface area (Å²) in [6.45, 7) is 0. The number of halogens is 3. The Morgan fingerprint density at radius 2 is 1.81 bits per heavy atom. The van der Waals surface area contributed by atoms with Gasteiger partial charge in [-0.3, -0.25) is 0 Å². The first-order valence-electron chi connectivity index (χ1n) is 5.07. The van der Waals surface area contributed by atoms with Crippen LogP contribution in [0.4, 0.5) is 18.9 Å². The van der Waals surface area contributed by atoms with E-state index in [4.69, 9.17) is 5.11 Å². The second-order valence-electron chi connectivity index (χ2n) is 4.01. The molecule has 2 nitrogen and oxygen atoms in total. The van der Waals surface area contributed by atoms with Crippen molar-refractivity contribution in [1.82, 2.24) is 0 Å². The summed E-state index contributed by atoms with van der Waals surface area (Å²) in [4.78, 5) is 0. The Balaban J connectivity index is 2.14. The summed E-state index contributed by atoms with van der Waals surface area (Å²) in [7, 11) is 0. The summed E-state index contributed by atoms with van der Waals surface area (Å²) < 4.78 is 37.8. The van der Waals surface area contributed by atoms with Crippen LogP contribution in [0, 0.1) is 0 Å². The largest absolute Gasteiger partial charge is 0.418 e. The first-order chi connectivity index (χ1) is 7.47. The van der Waals surface area contributed by atoms with Gasteiger partial charge >= 0.3 is 6.18 Å². The van der Waals surface area contributed by atoms with Crippen LogP contribution >= 0.6 is 0 Å². The van der Waals surface area contributed by atoms with Crippen LogP contribution in [-0.4, -0.2) is 17.3 Å². The van der Waals surface area contributed by atoms with Crippen LogP contribution in [0.3, 0.4) is 0 Å². The van der Waals surface area contributed by atoms with Crippen molar-refractivity contribution in [3.63, 3.8) is 0 Å². The lowest BCUT2D eigenvalue weighted by Crippen LogP contribution is -2.39. The number of rotatable bonds is 2. The average molecular weight is 231 g/mol. The molecule has 2 rings (SSSR count). The van der Waals surface area contributed by atoms with Gasteiger partial charge in [0.25, 0.3) is 0 Å². The van der Waals surface area contributed by atoms with E-state index < -0.39 is 11.7 Å². The average Bonchev–Trinajstić information content (AvgIpc) is 2.14. The third kappa shape index (κ3) is 2.29. The number of nitrogens with one attached hydrogen (secondary N) is 1. The molecule has 1 aliphatic rings. The second-order valence-corrected chi connectivity index (χ2v) is 4.01. The fourth-order valence-corrected chi connectivity index (χ4v) is 1.78. The van der Waals surface area contributed by atoms with Gasteiger partial charge in [-0.2, -0.15) is 13.2 Å². The van der Waals surface area contributed by atoms with Crippen LogP contribution in [0.25, 0.3) is 0 Å². The van der Waals surface area contributed by atoms with E-state index in [0.717, 1.165) is 6.07 Å². The van der Waals surface area contributed by atoms with Crippen molar-refractivity contribution >= 4 is 5.69 Å². The lowest BCUT2D eigenvalue weighted by molar-refractivity contribution is -0.137. The van der Waals surface area contributed by atoms with Gasteiger partial charge in [0.15, 0.2) is 0 Å². The maximum atomic E-state index is 12.6. The minimum absolute atomic E-state index is 0.0569. The van der Waals surface area contributed by atoms with E-state index in [1.807, 2.05) is 0 Å². The molecule has 1 aromatic carbocycles. The zero-order valence-corrected chi connectivity index (χ0v) is 8.46. The summed E-state index contributed by atoms with van der Waals surface area (Å²) in [5.74, 6) is 0. The summed E-state index contributed by atoms with van der Waals surface area (Å²) in [6, 6.07) is 5.33. The molecule has 0 spiro atoms. The van der Waals surface area contributed by atoms with Crippen LogP contribution in [0.1, 0.15) is 18.4 Å². The fourth-order valence-electron chi connectivity index (χ4n) is 1.78. The normalized spacial score (nSPS) is 25.0. The lowest BCUT2D eigenvalue weighted by Gasteiger charge is -2.33. The molecular weight excluding hydrogens is 219 g/mol. The predicted octanol–water partition coefficient (Wildman–Crippen LogP) is 2.64. The highest BCUT2D eigenvalue weighted by Crippen LogP contribution is 2.36. The molecule has 88 valence electrons. The van der Waals surface area contributed by atoms with E-state index in [2.05, 4.69) is 5.32 Å². The second kappa shape index (κ2) is 3.97. The first-order valence-corrected chi connectivity index (χ1v) is 5.07. The predicted molar refractivity (Wildman–Crippen MR) is 54.1 cm³/mol. The summed E-state index contributed by atoms with van der Waals surface area (Å²) in [5.41, 5.74) is -0.566. The maximum absolute atomic E-state index is 12.6. The monoisotopic (exact) mass is 231 g/mol. The number of hydrogen-bond donors (Lipinski definition) is 2. The molecule has 1 aliphatic carbocycles. The zero-order valence-electron chi connectivity index (χ0n) is 8.46. The van der Waals surface area contributed by atoms with E-state index in [-0.39, 0.29) is 17.8 Å².